The van der Waals surface area contributed by atoms with Gasteiger partial charge in [-0.25, -0.2) is 13.4 Å². The van der Waals surface area contributed by atoms with E-state index in [1.54, 1.807) is 29.7 Å². The summed E-state index contributed by atoms with van der Waals surface area (Å²) in [6, 6.07) is 16.7. The van der Waals surface area contributed by atoms with Crippen molar-refractivity contribution in [1.29, 1.82) is 0 Å². The summed E-state index contributed by atoms with van der Waals surface area (Å²) in [5.74, 6) is -0.614. The molecule has 202 valence electrons. The third-order valence-corrected chi connectivity index (χ3v) is 9.05. The monoisotopic (exact) mass is 547 g/mol. The Hall–Kier alpha value is -3.85. The number of pyridine rings is 1. The van der Waals surface area contributed by atoms with Gasteiger partial charge >= 0.3 is 0 Å². The van der Waals surface area contributed by atoms with Crippen LogP contribution in [-0.2, 0) is 16.3 Å². The van der Waals surface area contributed by atoms with E-state index in [4.69, 9.17) is 0 Å². The van der Waals surface area contributed by atoms with Gasteiger partial charge in [-0.3, -0.25) is 9.36 Å². The van der Waals surface area contributed by atoms with Crippen molar-refractivity contribution in [3.05, 3.63) is 100 Å². The number of nitrogens with zero attached hydrogens (tertiary/aromatic N) is 3. The third-order valence-electron chi connectivity index (χ3n) is 7.26. The molecule has 1 N–H and O–H groups in total. The quantitative estimate of drug-likeness (QED) is 0.272. The molecule has 0 radical (unpaired) electrons. The van der Waals surface area contributed by atoms with E-state index in [0.717, 1.165) is 31.2 Å². The summed E-state index contributed by atoms with van der Waals surface area (Å²) in [7, 11) is -4.43. The zero-order chi connectivity index (χ0) is 27.7. The zero-order valence-electron chi connectivity index (χ0n) is 21.8. The minimum Gasteiger partial charge on any atom is -0.493 e. The first kappa shape index (κ1) is 26.7. The molecular weight excluding hydrogens is 517 g/mol. The highest BCUT2D eigenvalue weighted by Gasteiger charge is 2.38. The number of sulfone groups is 1. The van der Waals surface area contributed by atoms with Crippen molar-refractivity contribution in [3.8, 4) is 17.0 Å². The molecule has 0 spiro atoms. The van der Waals surface area contributed by atoms with Gasteiger partial charge in [0.05, 0.1) is 10.9 Å². The minimum absolute atomic E-state index is 0.164. The van der Waals surface area contributed by atoms with Crippen LogP contribution in [0.1, 0.15) is 55.6 Å². The van der Waals surface area contributed by atoms with Gasteiger partial charge in [0, 0.05) is 18.2 Å². The third kappa shape index (κ3) is 5.11. The predicted molar refractivity (Wildman–Crippen MR) is 146 cm³/mol. The topological polar surface area (TPSA) is 102 Å². The number of rotatable bonds is 9. The summed E-state index contributed by atoms with van der Waals surface area (Å²) in [5, 5.41) is 11.5. The Morgan fingerprint density at radius 3 is 2.41 bits per heavy atom. The van der Waals surface area contributed by atoms with Crippen LogP contribution in [0.2, 0.25) is 0 Å². The van der Waals surface area contributed by atoms with E-state index in [1.807, 2.05) is 37.3 Å². The summed E-state index contributed by atoms with van der Waals surface area (Å²) in [4.78, 5) is 20.2. The molecular formula is C30H30FN3O4S. The molecule has 1 aliphatic carbocycles. The highest BCUT2D eigenvalue weighted by atomic mass is 32.2. The van der Waals surface area contributed by atoms with Crippen LogP contribution in [0.25, 0.3) is 11.1 Å². The van der Waals surface area contributed by atoms with E-state index < -0.39 is 32.1 Å². The molecule has 2 aromatic carbocycles. The largest absolute Gasteiger partial charge is 0.493 e. The van der Waals surface area contributed by atoms with Crippen molar-refractivity contribution in [1.82, 2.24) is 14.5 Å². The van der Waals surface area contributed by atoms with Gasteiger partial charge in [0.15, 0.2) is 4.90 Å². The predicted octanol–water partition coefficient (Wildman–Crippen LogP) is 5.63. The van der Waals surface area contributed by atoms with Crippen molar-refractivity contribution in [2.75, 3.05) is 0 Å². The van der Waals surface area contributed by atoms with E-state index in [1.165, 1.54) is 18.3 Å². The molecule has 2 aromatic heterocycles. The lowest BCUT2D eigenvalue weighted by molar-refractivity contribution is 0.348. The molecule has 0 aliphatic heterocycles. The highest BCUT2D eigenvalue weighted by molar-refractivity contribution is 7.91. The molecule has 1 aliphatic rings. The molecule has 0 bridgehead atoms. The number of hydrogen-bond acceptors (Lipinski definition) is 6. The smallest absolute Gasteiger partial charge is 0.296 e. The summed E-state index contributed by atoms with van der Waals surface area (Å²) in [6.07, 6.45) is 5.22. The van der Waals surface area contributed by atoms with Gasteiger partial charge in [-0.1, -0.05) is 55.8 Å². The molecule has 1 fully saturated rings. The lowest BCUT2D eigenvalue weighted by Crippen LogP contribution is -2.28. The van der Waals surface area contributed by atoms with Crippen molar-refractivity contribution >= 4 is 9.84 Å². The molecule has 2 heterocycles. The van der Waals surface area contributed by atoms with Crippen molar-refractivity contribution in [2.45, 2.75) is 61.8 Å². The second-order valence-corrected chi connectivity index (χ2v) is 11.8. The van der Waals surface area contributed by atoms with Gasteiger partial charge in [0.2, 0.25) is 21.7 Å². The van der Waals surface area contributed by atoms with E-state index in [2.05, 4.69) is 9.97 Å². The minimum atomic E-state index is -4.43. The molecule has 5 rings (SSSR count). The van der Waals surface area contributed by atoms with Crippen molar-refractivity contribution in [2.24, 2.45) is 5.92 Å². The first-order valence-electron chi connectivity index (χ1n) is 13.1. The summed E-state index contributed by atoms with van der Waals surface area (Å²) in [6.45, 7) is 3.61. The van der Waals surface area contributed by atoms with Crippen molar-refractivity contribution in [3.63, 3.8) is 0 Å². The zero-order valence-corrected chi connectivity index (χ0v) is 22.7. The van der Waals surface area contributed by atoms with Crippen LogP contribution in [0.3, 0.4) is 0 Å². The Morgan fingerprint density at radius 1 is 1.08 bits per heavy atom. The lowest BCUT2D eigenvalue weighted by atomic mass is 10.0. The number of benzene rings is 2. The average Bonchev–Trinajstić information content (AvgIpc) is 3.76. The molecule has 1 atom stereocenters. The first-order chi connectivity index (χ1) is 18.7. The molecule has 1 saturated carbocycles. The number of hydrogen-bond donors (Lipinski definition) is 1. The number of aromatic nitrogens is 3. The van der Waals surface area contributed by atoms with E-state index in [-0.39, 0.29) is 16.9 Å². The Bertz CT molecular complexity index is 1670. The second kappa shape index (κ2) is 10.7. The molecule has 9 heteroatoms. The SMILES string of the molecule is CCCCc1nc(=O)c(S(=O)(=O)c2ccc(-c3ccnc(F)c3C)cc2)c(O)n1C(c1ccccc1)C1CC1. The molecule has 0 amide bonds. The molecule has 39 heavy (non-hydrogen) atoms. The van der Waals surface area contributed by atoms with Gasteiger partial charge in [-0.2, -0.15) is 9.37 Å². The average molecular weight is 548 g/mol. The Labute approximate surface area is 226 Å². The van der Waals surface area contributed by atoms with Gasteiger partial charge < -0.3 is 5.11 Å². The Balaban J connectivity index is 1.64. The number of halogens is 1. The van der Waals surface area contributed by atoms with Gasteiger partial charge in [0.25, 0.3) is 5.56 Å². The van der Waals surface area contributed by atoms with Crippen LogP contribution in [0, 0.1) is 18.8 Å². The molecule has 1 unspecified atom stereocenters. The first-order valence-corrected chi connectivity index (χ1v) is 14.6. The van der Waals surface area contributed by atoms with Crippen LogP contribution in [0.5, 0.6) is 5.88 Å². The molecule has 4 aromatic rings. The Kier molecular flexibility index (Phi) is 7.36. The van der Waals surface area contributed by atoms with Crippen LogP contribution in [0.15, 0.2) is 81.4 Å². The van der Waals surface area contributed by atoms with Crippen LogP contribution in [-0.4, -0.2) is 28.1 Å². The normalized spacial score (nSPS) is 14.3. The van der Waals surface area contributed by atoms with Gasteiger partial charge in [0.1, 0.15) is 5.82 Å². The van der Waals surface area contributed by atoms with Crippen LogP contribution >= 0.6 is 0 Å². The Morgan fingerprint density at radius 2 is 1.77 bits per heavy atom. The number of unbranched alkanes of at least 4 members (excludes halogenated alkanes) is 1. The van der Waals surface area contributed by atoms with E-state index >= 15 is 0 Å². The fourth-order valence-electron chi connectivity index (χ4n) is 5.04. The number of aryl methyl sites for hydroxylation is 1. The lowest BCUT2D eigenvalue weighted by Gasteiger charge is -2.26. The van der Waals surface area contributed by atoms with Gasteiger partial charge in [-0.15, -0.1) is 0 Å². The fourth-order valence-corrected chi connectivity index (χ4v) is 6.38. The summed E-state index contributed by atoms with van der Waals surface area (Å²) >= 11 is 0. The summed E-state index contributed by atoms with van der Waals surface area (Å²) in [5.41, 5.74) is 1.46. The van der Waals surface area contributed by atoms with E-state index in [9.17, 15) is 22.7 Å². The van der Waals surface area contributed by atoms with Crippen molar-refractivity contribution < 1.29 is 17.9 Å². The fraction of sp³-hybridized carbons (Fsp3) is 0.300. The van der Waals surface area contributed by atoms with Crippen LogP contribution in [0.4, 0.5) is 4.39 Å². The maximum atomic E-state index is 14.0. The number of aromatic hydroxyl groups is 1. The standard InChI is InChI=1S/C30H30FN3O4S/c1-3-4-10-25-33-29(35)27(30(36)34(25)26(22-11-12-22)21-8-6-5-7-9-21)39(37,38)23-15-13-20(14-16-23)24-17-18-32-28(31)19(24)2/h5-9,13-18,22,26,36H,3-4,10-12H2,1-2H3. The van der Waals surface area contributed by atoms with Gasteiger partial charge in [-0.05, 0) is 67.0 Å². The summed E-state index contributed by atoms with van der Waals surface area (Å²) < 4.78 is 43.1. The maximum absolute atomic E-state index is 14.0. The second-order valence-electron chi connectivity index (χ2n) is 9.95. The van der Waals surface area contributed by atoms with Crippen LogP contribution < -0.4 is 5.56 Å². The van der Waals surface area contributed by atoms with E-state index in [0.29, 0.717) is 28.9 Å². The highest BCUT2D eigenvalue weighted by Crippen LogP contribution is 2.46. The molecule has 0 saturated heterocycles. The maximum Gasteiger partial charge on any atom is 0.296 e. The molecule has 7 nitrogen and oxygen atoms in total.